The summed E-state index contributed by atoms with van der Waals surface area (Å²) in [6, 6.07) is 5.72. The summed E-state index contributed by atoms with van der Waals surface area (Å²) in [6.45, 7) is 4.27. The summed E-state index contributed by atoms with van der Waals surface area (Å²) < 4.78 is 11.6. The number of hydrogen-bond donors (Lipinski definition) is 1. The summed E-state index contributed by atoms with van der Waals surface area (Å²) in [4.78, 5) is 0. The molecule has 0 saturated heterocycles. The fourth-order valence-corrected chi connectivity index (χ4v) is 2.37. The number of nitrogens with zero attached hydrogens (tertiary/aromatic N) is 1. The van der Waals surface area contributed by atoms with E-state index >= 15 is 0 Å². The molecule has 0 atom stereocenters. The van der Waals surface area contributed by atoms with E-state index < -0.39 is 0 Å². The highest BCUT2D eigenvalue weighted by atomic mass is 79.9. The fraction of sp³-hybridized carbons (Fsp3) is 0.357. The SMILES string of the molecule is COc1ccc(Br)c(-c2onc(N)c2CC(C)C)c1. The summed E-state index contributed by atoms with van der Waals surface area (Å²) >= 11 is 3.52. The molecule has 2 N–H and O–H groups in total. The van der Waals surface area contributed by atoms with Gasteiger partial charge in [-0.05, 0) is 30.5 Å². The van der Waals surface area contributed by atoms with E-state index in [1.54, 1.807) is 7.11 Å². The predicted octanol–water partition coefficient (Wildman–Crippen LogP) is 3.89. The molecule has 102 valence electrons. The monoisotopic (exact) mass is 324 g/mol. The molecule has 0 bridgehead atoms. The van der Waals surface area contributed by atoms with Crippen LogP contribution < -0.4 is 10.5 Å². The number of nitrogens with two attached hydrogens (primary N) is 1. The van der Waals surface area contributed by atoms with Gasteiger partial charge in [-0.25, -0.2) is 0 Å². The van der Waals surface area contributed by atoms with Gasteiger partial charge in [0.25, 0.3) is 0 Å². The van der Waals surface area contributed by atoms with Crippen molar-refractivity contribution in [2.45, 2.75) is 20.3 Å². The van der Waals surface area contributed by atoms with Gasteiger partial charge in [0.2, 0.25) is 0 Å². The van der Waals surface area contributed by atoms with Gasteiger partial charge in [0.05, 0.1) is 7.11 Å². The van der Waals surface area contributed by atoms with Gasteiger partial charge < -0.3 is 15.0 Å². The Kier molecular flexibility index (Phi) is 4.14. The highest BCUT2D eigenvalue weighted by Crippen LogP contribution is 2.36. The van der Waals surface area contributed by atoms with Gasteiger partial charge in [-0.2, -0.15) is 0 Å². The Bertz CT molecular complexity index is 579. The van der Waals surface area contributed by atoms with Crippen LogP contribution in [0.1, 0.15) is 19.4 Å². The van der Waals surface area contributed by atoms with E-state index in [0.717, 1.165) is 27.8 Å². The van der Waals surface area contributed by atoms with Crippen LogP contribution in [0.3, 0.4) is 0 Å². The molecule has 1 aromatic heterocycles. The van der Waals surface area contributed by atoms with E-state index in [1.165, 1.54) is 0 Å². The first-order valence-corrected chi connectivity index (χ1v) is 6.90. The second-order valence-corrected chi connectivity index (χ2v) is 5.67. The van der Waals surface area contributed by atoms with Crippen molar-refractivity contribution >= 4 is 21.7 Å². The Labute approximate surface area is 121 Å². The zero-order chi connectivity index (χ0) is 14.0. The Balaban J connectivity index is 2.52. The van der Waals surface area contributed by atoms with Gasteiger partial charge >= 0.3 is 0 Å². The Morgan fingerprint density at radius 1 is 1.42 bits per heavy atom. The standard InChI is InChI=1S/C14H17BrN2O2/c1-8(2)6-11-13(19-17-14(11)16)10-7-9(18-3)4-5-12(10)15/h4-5,7-8H,6H2,1-3H3,(H2,16,17). The number of nitrogen functional groups attached to an aromatic ring is 1. The molecule has 0 aliphatic carbocycles. The normalized spacial score (nSPS) is 11.0. The smallest absolute Gasteiger partial charge is 0.173 e. The molecule has 0 fully saturated rings. The minimum atomic E-state index is 0.457. The summed E-state index contributed by atoms with van der Waals surface area (Å²) in [6.07, 6.45) is 0.828. The van der Waals surface area contributed by atoms with Crippen LogP contribution in [0.15, 0.2) is 27.2 Å². The number of methoxy groups -OCH3 is 1. The topological polar surface area (TPSA) is 61.3 Å². The highest BCUT2D eigenvalue weighted by Gasteiger charge is 2.19. The Hall–Kier alpha value is -1.49. The number of rotatable bonds is 4. The Morgan fingerprint density at radius 3 is 2.79 bits per heavy atom. The number of halogens is 1. The van der Waals surface area contributed by atoms with Gasteiger partial charge in [0, 0.05) is 15.6 Å². The number of hydrogen-bond acceptors (Lipinski definition) is 4. The van der Waals surface area contributed by atoms with Crippen LogP contribution in [-0.4, -0.2) is 12.3 Å². The van der Waals surface area contributed by atoms with E-state index in [2.05, 4.69) is 34.9 Å². The van der Waals surface area contributed by atoms with Crippen molar-refractivity contribution in [1.29, 1.82) is 0 Å². The van der Waals surface area contributed by atoms with E-state index in [-0.39, 0.29) is 0 Å². The molecule has 0 saturated carbocycles. The number of anilines is 1. The average Bonchev–Trinajstić information content (AvgIpc) is 2.71. The number of benzene rings is 1. The molecule has 0 unspecified atom stereocenters. The fourth-order valence-electron chi connectivity index (χ4n) is 1.94. The molecular formula is C14H17BrN2O2. The van der Waals surface area contributed by atoms with E-state index in [4.69, 9.17) is 15.0 Å². The quantitative estimate of drug-likeness (QED) is 0.926. The van der Waals surface area contributed by atoms with Crippen molar-refractivity contribution in [2.24, 2.45) is 5.92 Å². The zero-order valence-corrected chi connectivity index (χ0v) is 12.8. The second kappa shape index (κ2) is 5.65. The third-order valence-electron chi connectivity index (χ3n) is 2.85. The van der Waals surface area contributed by atoms with Crippen molar-refractivity contribution in [2.75, 3.05) is 12.8 Å². The molecule has 0 aliphatic rings. The molecule has 0 amide bonds. The molecule has 0 radical (unpaired) electrons. The van der Waals surface area contributed by atoms with Gasteiger partial charge in [0.15, 0.2) is 11.6 Å². The highest BCUT2D eigenvalue weighted by molar-refractivity contribution is 9.10. The maximum absolute atomic E-state index is 5.90. The predicted molar refractivity (Wildman–Crippen MR) is 79.1 cm³/mol. The molecule has 2 rings (SSSR count). The lowest BCUT2D eigenvalue weighted by atomic mass is 9.99. The first-order valence-electron chi connectivity index (χ1n) is 6.10. The second-order valence-electron chi connectivity index (χ2n) is 4.82. The molecular weight excluding hydrogens is 308 g/mol. The first kappa shape index (κ1) is 13.9. The molecule has 0 spiro atoms. The molecule has 1 heterocycles. The van der Waals surface area contributed by atoms with E-state index in [9.17, 15) is 0 Å². The van der Waals surface area contributed by atoms with Crippen molar-refractivity contribution in [1.82, 2.24) is 5.16 Å². The summed E-state index contributed by atoms with van der Waals surface area (Å²) in [7, 11) is 1.64. The number of ether oxygens (including phenoxy) is 1. The lowest BCUT2D eigenvalue weighted by Crippen LogP contribution is -1.99. The third kappa shape index (κ3) is 2.92. The Morgan fingerprint density at radius 2 is 2.16 bits per heavy atom. The van der Waals surface area contributed by atoms with Gasteiger partial charge in [-0.1, -0.05) is 34.9 Å². The van der Waals surface area contributed by atoms with Crippen LogP contribution in [0.2, 0.25) is 0 Å². The molecule has 1 aromatic carbocycles. The van der Waals surface area contributed by atoms with Crippen molar-refractivity contribution in [3.05, 3.63) is 28.2 Å². The van der Waals surface area contributed by atoms with Crippen LogP contribution >= 0.6 is 15.9 Å². The van der Waals surface area contributed by atoms with Gasteiger partial charge in [0.1, 0.15) is 5.75 Å². The van der Waals surface area contributed by atoms with Crippen molar-refractivity contribution in [3.8, 4) is 17.1 Å². The molecule has 4 nitrogen and oxygen atoms in total. The maximum atomic E-state index is 5.90. The lowest BCUT2D eigenvalue weighted by Gasteiger charge is -2.08. The van der Waals surface area contributed by atoms with Crippen LogP contribution in [-0.2, 0) is 6.42 Å². The van der Waals surface area contributed by atoms with Crippen LogP contribution in [0.25, 0.3) is 11.3 Å². The van der Waals surface area contributed by atoms with Crippen LogP contribution in [0, 0.1) is 5.92 Å². The zero-order valence-electron chi connectivity index (χ0n) is 11.2. The summed E-state index contributed by atoms with van der Waals surface area (Å²) in [5, 5.41) is 3.88. The molecule has 19 heavy (non-hydrogen) atoms. The maximum Gasteiger partial charge on any atom is 0.173 e. The van der Waals surface area contributed by atoms with E-state index in [0.29, 0.717) is 17.5 Å². The summed E-state index contributed by atoms with van der Waals surface area (Å²) in [5.41, 5.74) is 7.75. The van der Waals surface area contributed by atoms with Crippen LogP contribution in [0.5, 0.6) is 5.75 Å². The largest absolute Gasteiger partial charge is 0.497 e. The number of aromatic nitrogens is 1. The molecule has 0 aliphatic heterocycles. The lowest BCUT2D eigenvalue weighted by molar-refractivity contribution is 0.413. The molecule has 2 aromatic rings. The van der Waals surface area contributed by atoms with Crippen molar-refractivity contribution < 1.29 is 9.26 Å². The van der Waals surface area contributed by atoms with Gasteiger partial charge in [-0.3, -0.25) is 0 Å². The average molecular weight is 325 g/mol. The molecule has 5 heteroatoms. The van der Waals surface area contributed by atoms with Gasteiger partial charge in [-0.15, -0.1) is 0 Å². The minimum Gasteiger partial charge on any atom is -0.497 e. The minimum absolute atomic E-state index is 0.457. The first-order chi connectivity index (χ1) is 9.02. The van der Waals surface area contributed by atoms with E-state index in [1.807, 2.05) is 18.2 Å². The van der Waals surface area contributed by atoms with Crippen molar-refractivity contribution in [3.63, 3.8) is 0 Å². The van der Waals surface area contributed by atoms with Crippen LogP contribution in [0.4, 0.5) is 5.82 Å². The third-order valence-corrected chi connectivity index (χ3v) is 3.54. The summed E-state index contributed by atoms with van der Waals surface area (Å²) in [5.74, 6) is 2.41.